The molecule has 5 nitrogen and oxygen atoms in total. The molecule has 0 unspecified atom stereocenters. The lowest BCUT2D eigenvalue weighted by Crippen LogP contribution is -1.86. The molecule has 0 atom stereocenters. The molecule has 5 heteroatoms. The molecule has 1 N–H and O–H groups in total. The van der Waals surface area contributed by atoms with Gasteiger partial charge in [0.15, 0.2) is 0 Å². The van der Waals surface area contributed by atoms with Crippen LogP contribution in [-0.2, 0) is 0 Å². The van der Waals surface area contributed by atoms with Crippen LogP contribution in [0.2, 0.25) is 0 Å². The molecule has 1 aromatic carbocycles. The minimum absolute atomic E-state index is 0.131. The van der Waals surface area contributed by atoms with E-state index in [1.807, 2.05) is 26.0 Å². The minimum atomic E-state index is 0.131. The molecule has 0 aliphatic rings. The van der Waals surface area contributed by atoms with E-state index in [0.29, 0.717) is 17.3 Å². The number of benzene rings is 1. The molecule has 0 amide bonds. The fourth-order valence-electron chi connectivity index (χ4n) is 1.99. The second kappa shape index (κ2) is 4.77. The smallest absolute Gasteiger partial charge is 0.261 e. The van der Waals surface area contributed by atoms with Crippen molar-refractivity contribution in [2.45, 2.75) is 13.8 Å². The van der Waals surface area contributed by atoms with Gasteiger partial charge in [0.25, 0.3) is 5.89 Å². The first kappa shape index (κ1) is 12.3. The van der Waals surface area contributed by atoms with Gasteiger partial charge in [-0.1, -0.05) is 11.2 Å². The monoisotopic (exact) mass is 267 g/mol. The summed E-state index contributed by atoms with van der Waals surface area (Å²) >= 11 is 0. The SMILES string of the molecule is Cc1ccc(-c2nc(-c3ccncc3C)no2)c(O)c1. The number of phenolic OH excluding ortho intramolecular Hbond substituents is 1. The molecule has 0 saturated carbocycles. The Balaban J connectivity index is 2.04. The van der Waals surface area contributed by atoms with Crippen LogP contribution in [0.3, 0.4) is 0 Å². The number of rotatable bonds is 2. The summed E-state index contributed by atoms with van der Waals surface area (Å²) < 4.78 is 5.24. The maximum absolute atomic E-state index is 9.94. The summed E-state index contributed by atoms with van der Waals surface area (Å²) in [5.41, 5.74) is 3.33. The van der Waals surface area contributed by atoms with Gasteiger partial charge in [0, 0.05) is 18.0 Å². The fourth-order valence-corrected chi connectivity index (χ4v) is 1.99. The largest absolute Gasteiger partial charge is 0.507 e. The minimum Gasteiger partial charge on any atom is -0.507 e. The third kappa shape index (κ3) is 2.14. The van der Waals surface area contributed by atoms with Crippen LogP contribution in [0.15, 0.2) is 41.2 Å². The van der Waals surface area contributed by atoms with Crippen LogP contribution in [0.25, 0.3) is 22.8 Å². The van der Waals surface area contributed by atoms with Crippen LogP contribution in [0, 0.1) is 13.8 Å². The van der Waals surface area contributed by atoms with E-state index >= 15 is 0 Å². The Morgan fingerprint density at radius 3 is 2.70 bits per heavy atom. The first-order valence-corrected chi connectivity index (χ1v) is 6.20. The second-order valence-corrected chi connectivity index (χ2v) is 4.63. The Kier molecular flexibility index (Phi) is 2.95. The number of pyridine rings is 1. The van der Waals surface area contributed by atoms with Crippen molar-refractivity contribution < 1.29 is 9.63 Å². The van der Waals surface area contributed by atoms with Gasteiger partial charge in [0.05, 0.1) is 5.56 Å². The zero-order valence-corrected chi connectivity index (χ0v) is 11.2. The van der Waals surface area contributed by atoms with Gasteiger partial charge in [-0.2, -0.15) is 4.98 Å². The highest BCUT2D eigenvalue weighted by Crippen LogP contribution is 2.30. The number of aromatic nitrogens is 3. The Bertz CT molecular complexity index is 765. The number of hydrogen-bond acceptors (Lipinski definition) is 5. The first-order chi connectivity index (χ1) is 9.65. The Morgan fingerprint density at radius 1 is 1.10 bits per heavy atom. The van der Waals surface area contributed by atoms with Crippen molar-refractivity contribution in [1.29, 1.82) is 0 Å². The van der Waals surface area contributed by atoms with E-state index in [4.69, 9.17) is 4.52 Å². The van der Waals surface area contributed by atoms with Crippen LogP contribution in [0.5, 0.6) is 5.75 Å². The Labute approximate surface area is 115 Å². The standard InChI is InChI=1S/C15H13N3O2/c1-9-3-4-12(13(19)7-9)15-17-14(18-20-15)11-5-6-16-8-10(11)2/h3-8,19H,1-2H3. The zero-order chi connectivity index (χ0) is 14.1. The lowest BCUT2D eigenvalue weighted by atomic mass is 10.1. The Hall–Kier alpha value is -2.69. The predicted molar refractivity (Wildman–Crippen MR) is 74.1 cm³/mol. The highest BCUT2D eigenvalue weighted by molar-refractivity contribution is 5.66. The van der Waals surface area contributed by atoms with Crippen LogP contribution < -0.4 is 0 Å². The average Bonchev–Trinajstić information content (AvgIpc) is 2.88. The summed E-state index contributed by atoms with van der Waals surface area (Å²) in [4.78, 5) is 8.37. The molecular weight excluding hydrogens is 254 g/mol. The predicted octanol–water partition coefficient (Wildman–Crippen LogP) is 3.12. The molecular formula is C15H13N3O2. The van der Waals surface area contributed by atoms with Crippen LogP contribution in [0.4, 0.5) is 0 Å². The van der Waals surface area contributed by atoms with Crippen molar-refractivity contribution in [1.82, 2.24) is 15.1 Å². The summed E-state index contributed by atoms with van der Waals surface area (Å²) in [5, 5.41) is 13.9. The van der Waals surface area contributed by atoms with Crippen LogP contribution in [0.1, 0.15) is 11.1 Å². The van der Waals surface area contributed by atoms with Gasteiger partial charge in [0.1, 0.15) is 5.75 Å². The van der Waals surface area contributed by atoms with Crippen LogP contribution in [-0.4, -0.2) is 20.2 Å². The van der Waals surface area contributed by atoms with Gasteiger partial charge in [0.2, 0.25) is 5.82 Å². The molecule has 0 radical (unpaired) electrons. The summed E-state index contributed by atoms with van der Waals surface area (Å²) in [7, 11) is 0. The molecule has 3 rings (SSSR count). The van der Waals surface area contributed by atoms with E-state index in [2.05, 4.69) is 15.1 Å². The van der Waals surface area contributed by atoms with Gasteiger partial charge < -0.3 is 9.63 Å². The highest BCUT2D eigenvalue weighted by atomic mass is 16.5. The van der Waals surface area contributed by atoms with Gasteiger partial charge in [-0.15, -0.1) is 0 Å². The number of phenols is 1. The van der Waals surface area contributed by atoms with E-state index < -0.39 is 0 Å². The van der Waals surface area contributed by atoms with Crippen LogP contribution >= 0.6 is 0 Å². The summed E-state index contributed by atoms with van der Waals surface area (Å²) in [6.07, 6.45) is 3.43. The number of aromatic hydroxyl groups is 1. The summed E-state index contributed by atoms with van der Waals surface area (Å²) in [5.74, 6) is 0.917. The van der Waals surface area contributed by atoms with E-state index in [1.54, 1.807) is 24.5 Å². The lowest BCUT2D eigenvalue weighted by molar-refractivity contribution is 0.425. The normalized spacial score (nSPS) is 10.7. The third-order valence-corrected chi connectivity index (χ3v) is 3.07. The summed E-state index contributed by atoms with van der Waals surface area (Å²) in [6, 6.07) is 7.15. The van der Waals surface area contributed by atoms with Gasteiger partial charge in [-0.25, -0.2) is 0 Å². The molecule has 20 heavy (non-hydrogen) atoms. The van der Waals surface area contributed by atoms with E-state index in [-0.39, 0.29) is 5.75 Å². The average molecular weight is 267 g/mol. The molecule has 0 bridgehead atoms. The number of hydrogen-bond donors (Lipinski definition) is 1. The van der Waals surface area contributed by atoms with Gasteiger partial charge in [-0.3, -0.25) is 4.98 Å². The number of nitrogens with zero attached hydrogens (tertiary/aromatic N) is 3. The maximum Gasteiger partial charge on any atom is 0.261 e. The molecule has 3 aromatic rings. The van der Waals surface area contributed by atoms with E-state index in [1.165, 1.54) is 0 Å². The van der Waals surface area contributed by atoms with Crippen molar-refractivity contribution in [2.24, 2.45) is 0 Å². The first-order valence-electron chi connectivity index (χ1n) is 6.20. The summed E-state index contributed by atoms with van der Waals surface area (Å²) in [6.45, 7) is 3.84. The van der Waals surface area contributed by atoms with Crippen molar-refractivity contribution in [3.63, 3.8) is 0 Å². The van der Waals surface area contributed by atoms with Gasteiger partial charge in [-0.05, 0) is 43.2 Å². The lowest BCUT2D eigenvalue weighted by Gasteiger charge is -2.00. The van der Waals surface area contributed by atoms with Crippen molar-refractivity contribution in [3.8, 4) is 28.6 Å². The van der Waals surface area contributed by atoms with E-state index in [9.17, 15) is 5.11 Å². The molecule has 0 aliphatic carbocycles. The molecule has 2 heterocycles. The quantitative estimate of drug-likeness (QED) is 0.772. The highest BCUT2D eigenvalue weighted by Gasteiger charge is 2.15. The topological polar surface area (TPSA) is 72.0 Å². The van der Waals surface area contributed by atoms with E-state index in [0.717, 1.165) is 16.7 Å². The Morgan fingerprint density at radius 2 is 1.95 bits per heavy atom. The molecule has 100 valence electrons. The molecule has 0 saturated heterocycles. The van der Waals surface area contributed by atoms with Crippen molar-refractivity contribution in [2.75, 3.05) is 0 Å². The van der Waals surface area contributed by atoms with Crippen molar-refractivity contribution in [3.05, 3.63) is 47.8 Å². The molecule has 2 aromatic heterocycles. The second-order valence-electron chi connectivity index (χ2n) is 4.63. The molecule has 0 fully saturated rings. The van der Waals surface area contributed by atoms with Crippen molar-refractivity contribution >= 4 is 0 Å². The molecule has 0 spiro atoms. The molecule has 0 aliphatic heterocycles. The maximum atomic E-state index is 9.94. The van der Waals surface area contributed by atoms with Gasteiger partial charge >= 0.3 is 0 Å². The zero-order valence-electron chi connectivity index (χ0n) is 11.2. The number of aryl methyl sites for hydroxylation is 2. The third-order valence-electron chi connectivity index (χ3n) is 3.07. The fraction of sp³-hybridized carbons (Fsp3) is 0.133.